The lowest BCUT2D eigenvalue weighted by molar-refractivity contribution is 0.448. The molecule has 0 aliphatic heterocycles. The Morgan fingerprint density at radius 1 is 0.944 bits per heavy atom. The van der Waals surface area contributed by atoms with Crippen LogP contribution < -0.4 is 0 Å². The van der Waals surface area contributed by atoms with E-state index in [1.54, 1.807) is 24.3 Å². The zero-order valence-corrected chi connectivity index (χ0v) is 9.41. The third kappa shape index (κ3) is 2.35. The molecule has 0 saturated carbocycles. The third-order valence-corrected chi connectivity index (χ3v) is 2.39. The summed E-state index contributed by atoms with van der Waals surface area (Å²) in [4.78, 5) is 26.9. The zero-order chi connectivity index (χ0) is 13.0. The van der Waals surface area contributed by atoms with E-state index in [9.17, 15) is 9.59 Å². The van der Waals surface area contributed by atoms with Gasteiger partial charge in [0.15, 0.2) is 0 Å². The van der Waals surface area contributed by atoms with E-state index in [4.69, 9.17) is 8.83 Å². The molecule has 6 heteroatoms. The summed E-state index contributed by atoms with van der Waals surface area (Å²) in [6.45, 7) is 1.85. The van der Waals surface area contributed by atoms with E-state index in [0.29, 0.717) is 11.5 Å². The van der Waals surface area contributed by atoms with Gasteiger partial charge in [0.1, 0.15) is 11.5 Å². The molecule has 0 fully saturated rings. The molecule has 2 aromatic rings. The molecule has 0 atom stereocenters. The van der Waals surface area contributed by atoms with E-state index >= 15 is 0 Å². The Morgan fingerprint density at radius 2 is 1.39 bits per heavy atom. The fourth-order valence-corrected chi connectivity index (χ4v) is 1.50. The first-order valence-corrected chi connectivity index (χ1v) is 5.10. The molecular weight excluding hydrogens is 236 g/mol. The van der Waals surface area contributed by atoms with Gasteiger partial charge in [-0.1, -0.05) is 0 Å². The molecule has 0 aliphatic rings. The Bertz CT molecular complexity index is 586. The molecule has 2 heterocycles. The van der Waals surface area contributed by atoms with E-state index in [-0.39, 0.29) is 17.7 Å². The van der Waals surface area contributed by atoms with E-state index in [1.165, 1.54) is 12.2 Å². The molecule has 0 N–H and O–H groups in total. The predicted octanol–water partition coefficient (Wildman–Crippen LogP) is 2.96. The van der Waals surface area contributed by atoms with Gasteiger partial charge in [0.2, 0.25) is 23.9 Å². The van der Waals surface area contributed by atoms with Gasteiger partial charge in [-0.3, -0.25) is 0 Å². The second-order valence-electron chi connectivity index (χ2n) is 3.48. The average molecular weight is 244 g/mol. The molecular formula is C12H8N2O4. The summed E-state index contributed by atoms with van der Waals surface area (Å²) in [6, 6.07) is 6.49. The highest BCUT2D eigenvalue weighted by atomic mass is 16.4. The van der Waals surface area contributed by atoms with Gasteiger partial charge in [0, 0.05) is 12.1 Å². The molecule has 0 unspecified atom stereocenters. The van der Waals surface area contributed by atoms with Gasteiger partial charge < -0.3 is 8.83 Å². The van der Waals surface area contributed by atoms with Crippen molar-refractivity contribution < 1.29 is 18.4 Å². The third-order valence-electron chi connectivity index (χ3n) is 2.39. The number of hydrogen-bond acceptors (Lipinski definition) is 6. The van der Waals surface area contributed by atoms with Gasteiger partial charge in [-0.15, -0.1) is 9.98 Å². The molecule has 2 aromatic heterocycles. The van der Waals surface area contributed by atoms with Crippen molar-refractivity contribution in [2.24, 2.45) is 9.98 Å². The first-order chi connectivity index (χ1) is 8.74. The maximum absolute atomic E-state index is 10.1. The van der Waals surface area contributed by atoms with Crippen LogP contribution >= 0.6 is 0 Å². The molecule has 6 nitrogen and oxygen atoms in total. The highest BCUT2D eigenvalue weighted by Gasteiger charge is 2.16. The minimum absolute atomic E-state index is 0.184. The standard InChI is InChI=1S/C12H8N2O4/c1-8(9-2-4-11(17-9)13-6-15)10-3-5-12(18-10)14-7-16/h2-5,8H,1H3. The molecule has 0 radical (unpaired) electrons. The number of furan rings is 2. The van der Waals surface area contributed by atoms with Gasteiger partial charge in [-0.2, -0.15) is 0 Å². The van der Waals surface area contributed by atoms with Crippen LogP contribution in [0, 0.1) is 0 Å². The lowest BCUT2D eigenvalue weighted by Crippen LogP contribution is -1.90. The molecule has 0 bridgehead atoms. The van der Waals surface area contributed by atoms with Crippen molar-refractivity contribution in [3.63, 3.8) is 0 Å². The molecule has 0 amide bonds. The lowest BCUT2D eigenvalue weighted by Gasteiger charge is -2.03. The summed E-state index contributed by atoms with van der Waals surface area (Å²) in [5.74, 6) is 1.35. The van der Waals surface area contributed by atoms with Crippen LogP contribution in [0.15, 0.2) is 43.1 Å². The topological polar surface area (TPSA) is 85.1 Å². The lowest BCUT2D eigenvalue weighted by atomic mass is 10.1. The number of isocyanates is 2. The van der Waals surface area contributed by atoms with Gasteiger partial charge in [-0.05, 0) is 19.1 Å². The number of aliphatic imine (C=N–C) groups is 2. The number of rotatable bonds is 4. The normalized spacial score (nSPS) is 11.4. The first-order valence-electron chi connectivity index (χ1n) is 5.10. The molecule has 0 aromatic carbocycles. The van der Waals surface area contributed by atoms with Crippen LogP contribution in [0.5, 0.6) is 0 Å². The summed E-state index contributed by atoms with van der Waals surface area (Å²) in [6.07, 6.45) is 2.79. The Kier molecular flexibility index (Phi) is 3.34. The summed E-state index contributed by atoms with van der Waals surface area (Å²) in [7, 11) is 0. The maximum Gasteiger partial charge on any atom is 0.243 e. The fourth-order valence-electron chi connectivity index (χ4n) is 1.50. The van der Waals surface area contributed by atoms with Crippen LogP contribution in [0.4, 0.5) is 11.8 Å². The average Bonchev–Trinajstić information content (AvgIpc) is 2.98. The van der Waals surface area contributed by atoms with Crippen LogP contribution in [0.2, 0.25) is 0 Å². The van der Waals surface area contributed by atoms with Crippen molar-refractivity contribution in [2.45, 2.75) is 12.8 Å². The highest BCUT2D eigenvalue weighted by molar-refractivity contribution is 5.45. The van der Waals surface area contributed by atoms with Crippen molar-refractivity contribution in [3.8, 4) is 0 Å². The number of carbonyl (C=O) groups excluding carboxylic acids is 2. The van der Waals surface area contributed by atoms with E-state index in [1.807, 2.05) is 6.92 Å². The largest absolute Gasteiger partial charge is 0.442 e. The van der Waals surface area contributed by atoms with Gasteiger partial charge in [-0.25, -0.2) is 9.59 Å². The molecule has 0 saturated heterocycles. The SMILES string of the molecule is CC(c1ccc(N=C=O)o1)c1ccc(N=C=O)o1. The molecule has 90 valence electrons. The summed E-state index contributed by atoms with van der Waals surface area (Å²) in [5.41, 5.74) is 0. The van der Waals surface area contributed by atoms with Gasteiger partial charge in [0.25, 0.3) is 0 Å². The quantitative estimate of drug-likeness (QED) is 0.611. The van der Waals surface area contributed by atoms with Crippen LogP contribution in [0.1, 0.15) is 24.4 Å². The number of hydrogen-bond donors (Lipinski definition) is 0. The van der Waals surface area contributed by atoms with E-state index in [2.05, 4.69) is 9.98 Å². The van der Waals surface area contributed by atoms with Crippen molar-refractivity contribution in [2.75, 3.05) is 0 Å². The Labute approximate surface area is 102 Å². The molecule has 2 rings (SSSR count). The Hall–Kier alpha value is -2.68. The summed E-state index contributed by atoms with van der Waals surface area (Å²) < 4.78 is 10.6. The Morgan fingerprint density at radius 3 is 1.78 bits per heavy atom. The van der Waals surface area contributed by atoms with Gasteiger partial charge >= 0.3 is 0 Å². The zero-order valence-electron chi connectivity index (χ0n) is 9.41. The monoisotopic (exact) mass is 244 g/mol. The van der Waals surface area contributed by atoms with Crippen molar-refractivity contribution in [1.82, 2.24) is 0 Å². The van der Waals surface area contributed by atoms with E-state index < -0.39 is 0 Å². The number of nitrogens with zero attached hydrogens (tertiary/aromatic N) is 2. The molecule has 0 aliphatic carbocycles. The van der Waals surface area contributed by atoms with Crippen LogP contribution in [0.25, 0.3) is 0 Å². The minimum Gasteiger partial charge on any atom is -0.442 e. The second-order valence-corrected chi connectivity index (χ2v) is 3.48. The van der Waals surface area contributed by atoms with Gasteiger partial charge in [0.05, 0.1) is 5.92 Å². The smallest absolute Gasteiger partial charge is 0.243 e. The van der Waals surface area contributed by atoms with Crippen LogP contribution in [-0.2, 0) is 9.59 Å². The van der Waals surface area contributed by atoms with Crippen LogP contribution in [-0.4, -0.2) is 12.2 Å². The maximum atomic E-state index is 10.1. The second kappa shape index (κ2) is 5.10. The Balaban J connectivity index is 2.25. The van der Waals surface area contributed by atoms with Crippen molar-refractivity contribution in [3.05, 3.63) is 35.8 Å². The first kappa shape index (κ1) is 11.8. The summed E-state index contributed by atoms with van der Waals surface area (Å²) in [5, 5.41) is 0. The van der Waals surface area contributed by atoms with Crippen molar-refractivity contribution >= 4 is 23.9 Å². The molecule has 0 spiro atoms. The molecule has 18 heavy (non-hydrogen) atoms. The van der Waals surface area contributed by atoms with E-state index in [0.717, 1.165) is 0 Å². The summed E-state index contributed by atoms with van der Waals surface area (Å²) >= 11 is 0. The minimum atomic E-state index is -0.184. The van der Waals surface area contributed by atoms with Crippen molar-refractivity contribution in [1.29, 1.82) is 0 Å². The fraction of sp³-hybridized carbons (Fsp3) is 0.167. The highest BCUT2D eigenvalue weighted by Crippen LogP contribution is 2.31. The predicted molar refractivity (Wildman–Crippen MR) is 60.5 cm³/mol. The van der Waals surface area contributed by atoms with Crippen LogP contribution in [0.3, 0.4) is 0 Å².